The number of carboxylic acids is 1. The molecule has 0 bridgehead atoms. The lowest BCUT2D eigenvalue weighted by molar-refractivity contribution is -0.142. The van der Waals surface area contributed by atoms with E-state index in [4.69, 9.17) is 24.1 Å². The van der Waals surface area contributed by atoms with Crippen LogP contribution in [0.5, 0.6) is 17.2 Å². The third-order valence-corrected chi connectivity index (χ3v) is 4.23. The van der Waals surface area contributed by atoms with Crippen LogP contribution in [0.2, 0.25) is 0 Å². The molecule has 1 saturated heterocycles. The maximum absolute atomic E-state index is 12.4. The Morgan fingerprint density at radius 2 is 1.82 bits per heavy atom. The summed E-state index contributed by atoms with van der Waals surface area (Å²) in [5, 5.41) is 11.1. The molecule has 1 aromatic rings. The number of anilines is 1. The monoisotopic (exact) mass is 396 g/mol. The van der Waals surface area contributed by atoms with Gasteiger partial charge in [-0.3, -0.25) is 9.59 Å². The first-order valence-corrected chi connectivity index (χ1v) is 8.58. The van der Waals surface area contributed by atoms with Gasteiger partial charge in [-0.15, -0.1) is 0 Å². The molecule has 1 unspecified atom stereocenters. The Bertz CT molecular complexity index is 711. The standard InChI is InChI=1S/C18H24N2O8/c1-25-13-7-12(8-14(26-2)17(13)27-3)20-9-11(6-15(20)21)18(24)19-4-5-28-10-16(22)23/h7-8,11H,4-6,9-10H2,1-3H3,(H,19,24)(H,22,23). The number of methoxy groups -OCH3 is 3. The summed E-state index contributed by atoms with van der Waals surface area (Å²) in [4.78, 5) is 36.6. The molecule has 2 N–H and O–H groups in total. The highest BCUT2D eigenvalue weighted by Crippen LogP contribution is 2.42. The van der Waals surface area contributed by atoms with Crippen LogP contribution in [0, 0.1) is 5.92 Å². The van der Waals surface area contributed by atoms with Crippen molar-refractivity contribution in [3.05, 3.63) is 12.1 Å². The fraction of sp³-hybridized carbons (Fsp3) is 0.500. The molecule has 0 saturated carbocycles. The molecule has 0 aliphatic carbocycles. The predicted molar refractivity (Wildman–Crippen MR) is 98.0 cm³/mol. The van der Waals surface area contributed by atoms with Crippen molar-refractivity contribution in [2.24, 2.45) is 5.92 Å². The summed E-state index contributed by atoms with van der Waals surface area (Å²) in [5.41, 5.74) is 0.541. The molecule has 10 heteroatoms. The van der Waals surface area contributed by atoms with Gasteiger partial charge in [0.2, 0.25) is 17.6 Å². The van der Waals surface area contributed by atoms with Crippen LogP contribution < -0.4 is 24.4 Å². The Morgan fingerprint density at radius 3 is 2.36 bits per heavy atom. The Kier molecular flexibility index (Phi) is 7.44. The number of ether oxygens (including phenoxy) is 4. The number of nitrogens with zero attached hydrogens (tertiary/aromatic N) is 1. The molecule has 1 aromatic carbocycles. The maximum atomic E-state index is 12.4. The molecule has 28 heavy (non-hydrogen) atoms. The van der Waals surface area contributed by atoms with Gasteiger partial charge in [0.05, 0.1) is 39.5 Å². The molecular formula is C18H24N2O8. The molecule has 1 aliphatic heterocycles. The smallest absolute Gasteiger partial charge is 0.329 e. The summed E-state index contributed by atoms with van der Waals surface area (Å²) in [6.45, 7) is 0.0300. The van der Waals surface area contributed by atoms with E-state index >= 15 is 0 Å². The summed E-state index contributed by atoms with van der Waals surface area (Å²) >= 11 is 0. The lowest BCUT2D eigenvalue weighted by atomic mass is 10.1. The van der Waals surface area contributed by atoms with Crippen LogP contribution in [-0.4, -0.2) is 70.5 Å². The number of benzene rings is 1. The Hall–Kier alpha value is -3.01. The van der Waals surface area contributed by atoms with Gasteiger partial charge < -0.3 is 34.3 Å². The van der Waals surface area contributed by atoms with Crippen molar-refractivity contribution in [2.45, 2.75) is 6.42 Å². The largest absolute Gasteiger partial charge is 0.493 e. The van der Waals surface area contributed by atoms with Crippen LogP contribution in [-0.2, 0) is 19.1 Å². The van der Waals surface area contributed by atoms with Crippen molar-refractivity contribution >= 4 is 23.5 Å². The summed E-state index contributed by atoms with van der Waals surface area (Å²) in [7, 11) is 4.45. The topological polar surface area (TPSA) is 124 Å². The number of carbonyl (C=O) groups excluding carboxylic acids is 2. The predicted octanol–water partition coefficient (Wildman–Crippen LogP) is 0.283. The van der Waals surface area contributed by atoms with Crippen LogP contribution in [0.4, 0.5) is 5.69 Å². The Labute approximate surface area is 162 Å². The number of rotatable bonds is 10. The number of hydrogen-bond acceptors (Lipinski definition) is 7. The molecule has 0 spiro atoms. The first-order chi connectivity index (χ1) is 13.4. The van der Waals surface area contributed by atoms with Crippen LogP contribution in [0.15, 0.2) is 12.1 Å². The number of carbonyl (C=O) groups is 3. The summed E-state index contributed by atoms with van der Waals surface area (Å²) in [5.74, 6) is -0.851. The lowest BCUT2D eigenvalue weighted by Crippen LogP contribution is -2.35. The number of aliphatic carboxylic acids is 1. The molecule has 1 atom stereocenters. The molecule has 0 radical (unpaired) electrons. The zero-order chi connectivity index (χ0) is 20.7. The minimum Gasteiger partial charge on any atom is -0.493 e. The molecule has 1 heterocycles. The van der Waals surface area contributed by atoms with Gasteiger partial charge in [0.15, 0.2) is 11.5 Å². The van der Waals surface area contributed by atoms with Crippen molar-refractivity contribution in [1.29, 1.82) is 0 Å². The third kappa shape index (κ3) is 5.03. The van der Waals surface area contributed by atoms with Gasteiger partial charge >= 0.3 is 5.97 Å². The minimum atomic E-state index is -1.08. The lowest BCUT2D eigenvalue weighted by Gasteiger charge is -2.20. The number of carboxylic acid groups (broad SMARTS) is 1. The van der Waals surface area contributed by atoms with Gasteiger partial charge in [0.25, 0.3) is 0 Å². The molecule has 1 aliphatic rings. The van der Waals surface area contributed by atoms with Gasteiger partial charge in [0.1, 0.15) is 6.61 Å². The molecule has 1 fully saturated rings. The maximum Gasteiger partial charge on any atom is 0.329 e. The first-order valence-electron chi connectivity index (χ1n) is 8.58. The second-order valence-corrected chi connectivity index (χ2v) is 6.03. The minimum absolute atomic E-state index is 0.0679. The van der Waals surface area contributed by atoms with Crippen molar-refractivity contribution in [3.63, 3.8) is 0 Å². The fourth-order valence-corrected chi connectivity index (χ4v) is 2.91. The van der Waals surface area contributed by atoms with E-state index < -0.39 is 18.5 Å². The summed E-state index contributed by atoms with van der Waals surface area (Å²) in [6, 6.07) is 3.30. The molecule has 154 valence electrons. The average Bonchev–Trinajstić information content (AvgIpc) is 3.07. The third-order valence-electron chi connectivity index (χ3n) is 4.23. The summed E-state index contributed by atoms with van der Waals surface area (Å²) < 4.78 is 20.7. The van der Waals surface area contributed by atoms with Gasteiger partial charge in [-0.2, -0.15) is 0 Å². The average molecular weight is 396 g/mol. The van der Waals surface area contributed by atoms with E-state index in [1.165, 1.54) is 26.2 Å². The normalized spacial score (nSPS) is 16.0. The first kappa shape index (κ1) is 21.3. The SMILES string of the molecule is COc1cc(N2CC(C(=O)NCCOCC(=O)O)CC2=O)cc(OC)c1OC. The second kappa shape index (κ2) is 9.79. The highest BCUT2D eigenvalue weighted by atomic mass is 16.5. The van der Waals surface area contributed by atoms with Crippen molar-refractivity contribution in [1.82, 2.24) is 5.32 Å². The van der Waals surface area contributed by atoms with Crippen LogP contribution >= 0.6 is 0 Å². The highest BCUT2D eigenvalue weighted by molar-refractivity contribution is 6.00. The fourth-order valence-electron chi connectivity index (χ4n) is 2.91. The Morgan fingerprint density at radius 1 is 1.18 bits per heavy atom. The van der Waals surface area contributed by atoms with Gasteiger partial charge in [0, 0.05) is 31.6 Å². The molecule has 2 rings (SSSR count). The zero-order valence-electron chi connectivity index (χ0n) is 16.0. The van der Waals surface area contributed by atoms with Crippen molar-refractivity contribution in [2.75, 3.05) is 52.5 Å². The van der Waals surface area contributed by atoms with Crippen LogP contribution in [0.1, 0.15) is 6.42 Å². The zero-order valence-corrected chi connectivity index (χ0v) is 16.0. The van der Waals surface area contributed by atoms with E-state index in [0.29, 0.717) is 22.9 Å². The van der Waals surface area contributed by atoms with E-state index in [1.54, 1.807) is 12.1 Å². The van der Waals surface area contributed by atoms with E-state index in [-0.39, 0.29) is 37.9 Å². The quantitative estimate of drug-likeness (QED) is 0.541. The van der Waals surface area contributed by atoms with Crippen LogP contribution in [0.3, 0.4) is 0 Å². The van der Waals surface area contributed by atoms with Crippen LogP contribution in [0.25, 0.3) is 0 Å². The second-order valence-electron chi connectivity index (χ2n) is 6.03. The van der Waals surface area contributed by atoms with E-state index in [1.807, 2.05) is 0 Å². The number of hydrogen-bond donors (Lipinski definition) is 2. The number of nitrogens with one attached hydrogen (secondary N) is 1. The van der Waals surface area contributed by atoms with Gasteiger partial charge in [-0.05, 0) is 0 Å². The van der Waals surface area contributed by atoms with E-state index in [0.717, 1.165) is 0 Å². The van der Waals surface area contributed by atoms with E-state index in [2.05, 4.69) is 5.32 Å². The molecular weight excluding hydrogens is 372 g/mol. The van der Waals surface area contributed by atoms with E-state index in [9.17, 15) is 14.4 Å². The van der Waals surface area contributed by atoms with Gasteiger partial charge in [-0.25, -0.2) is 4.79 Å². The highest BCUT2D eigenvalue weighted by Gasteiger charge is 2.35. The molecule has 2 amide bonds. The molecule has 10 nitrogen and oxygen atoms in total. The Balaban J connectivity index is 2.02. The van der Waals surface area contributed by atoms with Gasteiger partial charge in [-0.1, -0.05) is 0 Å². The van der Waals surface area contributed by atoms with Crippen molar-refractivity contribution < 1.29 is 38.4 Å². The van der Waals surface area contributed by atoms with Crippen molar-refractivity contribution in [3.8, 4) is 17.2 Å². The number of amides is 2. The summed E-state index contributed by atoms with van der Waals surface area (Å²) in [6.07, 6.45) is 0.0679. The molecule has 0 aromatic heterocycles.